The van der Waals surface area contributed by atoms with E-state index in [4.69, 9.17) is 0 Å². The van der Waals surface area contributed by atoms with Gasteiger partial charge in [0.05, 0.1) is 6.42 Å². The van der Waals surface area contributed by atoms with E-state index >= 15 is 0 Å². The summed E-state index contributed by atoms with van der Waals surface area (Å²) in [6, 6.07) is 10.4. The molecule has 0 bridgehead atoms. The third-order valence-electron chi connectivity index (χ3n) is 3.88. The Balaban J connectivity index is 0.00000288. The maximum Gasteiger partial charge on any atom is 0.390 e. The van der Waals surface area contributed by atoms with Crippen LogP contribution in [0.25, 0.3) is 0 Å². The molecule has 1 aliphatic rings. The lowest BCUT2D eigenvalue weighted by Gasteiger charge is -2.34. The molecule has 2 N–H and O–H groups in total. The lowest BCUT2D eigenvalue weighted by molar-refractivity contribution is -0.132. The summed E-state index contributed by atoms with van der Waals surface area (Å²) in [6.07, 6.45) is -3.16. The van der Waals surface area contributed by atoms with Crippen molar-refractivity contribution in [2.45, 2.75) is 31.5 Å². The Labute approximate surface area is 157 Å². The summed E-state index contributed by atoms with van der Waals surface area (Å²) in [5.41, 5.74) is 1.21. The van der Waals surface area contributed by atoms with Crippen LogP contribution in [0.5, 0.6) is 0 Å². The molecular weight excluding hydrogens is 432 g/mol. The van der Waals surface area contributed by atoms with Crippen LogP contribution < -0.4 is 15.5 Å². The van der Waals surface area contributed by atoms with Crippen LogP contribution in [0.1, 0.15) is 19.3 Å². The van der Waals surface area contributed by atoms with Crippen LogP contribution in [-0.4, -0.2) is 44.9 Å². The smallest absolute Gasteiger partial charge is 0.371 e. The molecule has 1 aliphatic heterocycles. The molecule has 1 heterocycles. The Hall–Kier alpha value is -1.19. The Kier molecular flexibility index (Phi) is 8.65. The molecule has 8 heteroatoms. The number of anilines is 1. The third kappa shape index (κ3) is 7.14. The van der Waals surface area contributed by atoms with Gasteiger partial charge in [0, 0.05) is 38.4 Å². The van der Waals surface area contributed by atoms with E-state index in [-0.39, 0.29) is 36.6 Å². The van der Waals surface area contributed by atoms with Crippen LogP contribution in [0.2, 0.25) is 0 Å². The fourth-order valence-corrected chi connectivity index (χ4v) is 2.63. The Bertz CT molecular complexity index is 500. The molecule has 24 heavy (non-hydrogen) atoms. The van der Waals surface area contributed by atoms with Gasteiger partial charge in [0.1, 0.15) is 0 Å². The van der Waals surface area contributed by atoms with E-state index < -0.39 is 12.6 Å². The van der Waals surface area contributed by atoms with E-state index in [0.717, 1.165) is 25.9 Å². The highest BCUT2D eigenvalue weighted by Gasteiger charge is 2.26. The first-order chi connectivity index (χ1) is 11.0. The maximum absolute atomic E-state index is 12.2. The zero-order chi connectivity index (χ0) is 16.7. The highest BCUT2D eigenvalue weighted by Crippen LogP contribution is 2.20. The molecule has 0 atom stereocenters. The van der Waals surface area contributed by atoms with Gasteiger partial charge in [-0.1, -0.05) is 18.2 Å². The Morgan fingerprint density at radius 2 is 1.83 bits per heavy atom. The summed E-state index contributed by atoms with van der Waals surface area (Å²) in [5.74, 6) is 0.437. The largest absolute Gasteiger partial charge is 0.390 e. The molecule has 0 unspecified atom stereocenters. The Morgan fingerprint density at radius 3 is 2.38 bits per heavy atom. The first kappa shape index (κ1) is 20.9. The van der Waals surface area contributed by atoms with Crippen molar-refractivity contribution in [2.75, 3.05) is 31.6 Å². The van der Waals surface area contributed by atoms with Crippen LogP contribution in [0.3, 0.4) is 0 Å². The molecular formula is C16H24F3IN4. The number of aliphatic imine (C=N–C) groups is 1. The van der Waals surface area contributed by atoms with Crippen molar-refractivity contribution in [2.24, 2.45) is 4.99 Å². The van der Waals surface area contributed by atoms with Gasteiger partial charge in [0.2, 0.25) is 0 Å². The number of hydrogen-bond acceptors (Lipinski definition) is 2. The molecule has 1 fully saturated rings. The normalized spacial score (nSPS) is 16.5. The van der Waals surface area contributed by atoms with Crippen LogP contribution in [-0.2, 0) is 0 Å². The maximum atomic E-state index is 12.2. The molecule has 0 aliphatic carbocycles. The summed E-state index contributed by atoms with van der Waals surface area (Å²) >= 11 is 0. The number of benzene rings is 1. The second kappa shape index (κ2) is 9.95. The lowest BCUT2D eigenvalue weighted by atomic mass is 10.0. The molecule has 4 nitrogen and oxygen atoms in total. The number of hydrogen-bond donors (Lipinski definition) is 2. The minimum Gasteiger partial charge on any atom is -0.371 e. The predicted molar refractivity (Wildman–Crippen MR) is 102 cm³/mol. The average Bonchev–Trinajstić information content (AvgIpc) is 2.54. The van der Waals surface area contributed by atoms with Crippen molar-refractivity contribution in [1.82, 2.24) is 10.6 Å². The monoisotopic (exact) mass is 456 g/mol. The molecule has 0 spiro atoms. The van der Waals surface area contributed by atoms with E-state index in [1.165, 1.54) is 5.69 Å². The molecule has 0 saturated carbocycles. The molecule has 1 aromatic rings. The summed E-state index contributed by atoms with van der Waals surface area (Å²) in [6.45, 7) is 1.68. The number of halogens is 4. The quantitative estimate of drug-likeness (QED) is 0.415. The minimum absolute atomic E-state index is 0. The van der Waals surface area contributed by atoms with Gasteiger partial charge in [-0.25, -0.2) is 0 Å². The number of rotatable bonds is 4. The van der Waals surface area contributed by atoms with Gasteiger partial charge in [-0.3, -0.25) is 4.99 Å². The second-order valence-electron chi connectivity index (χ2n) is 5.61. The van der Waals surface area contributed by atoms with Crippen molar-refractivity contribution in [3.8, 4) is 0 Å². The number of alkyl halides is 3. The van der Waals surface area contributed by atoms with E-state index in [0.29, 0.717) is 5.96 Å². The SMILES string of the molecule is CN=C(NCCC(F)(F)F)NC1CCN(c2ccccc2)CC1.I. The molecule has 0 aromatic heterocycles. The van der Waals surface area contributed by atoms with Gasteiger partial charge in [0.25, 0.3) is 0 Å². The zero-order valence-electron chi connectivity index (χ0n) is 13.6. The lowest BCUT2D eigenvalue weighted by Crippen LogP contribution is -2.49. The van der Waals surface area contributed by atoms with Crippen LogP contribution in [0.15, 0.2) is 35.3 Å². The van der Waals surface area contributed by atoms with Crippen LogP contribution >= 0.6 is 24.0 Å². The fourth-order valence-electron chi connectivity index (χ4n) is 2.63. The highest BCUT2D eigenvalue weighted by molar-refractivity contribution is 14.0. The first-order valence-electron chi connectivity index (χ1n) is 7.82. The second-order valence-corrected chi connectivity index (χ2v) is 5.61. The van der Waals surface area contributed by atoms with Crippen LogP contribution in [0.4, 0.5) is 18.9 Å². The highest BCUT2D eigenvalue weighted by atomic mass is 127. The van der Waals surface area contributed by atoms with E-state index in [1.807, 2.05) is 18.2 Å². The summed E-state index contributed by atoms with van der Waals surface area (Å²) < 4.78 is 36.5. The van der Waals surface area contributed by atoms with Gasteiger partial charge in [-0.2, -0.15) is 13.2 Å². The Morgan fingerprint density at radius 1 is 1.21 bits per heavy atom. The molecule has 1 aromatic carbocycles. The molecule has 0 amide bonds. The van der Waals surface area contributed by atoms with Crippen LogP contribution in [0, 0.1) is 0 Å². The molecule has 2 rings (SSSR count). The topological polar surface area (TPSA) is 39.7 Å². The minimum atomic E-state index is -4.15. The first-order valence-corrected chi connectivity index (χ1v) is 7.82. The molecule has 0 radical (unpaired) electrons. The van der Waals surface area contributed by atoms with E-state index in [9.17, 15) is 13.2 Å². The van der Waals surface area contributed by atoms with Crippen molar-refractivity contribution in [3.63, 3.8) is 0 Å². The van der Waals surface area contributed by atoms with Crippen molar-refractivity contribution < 1.29 is 13.2 Å². The number of para-hydroxylation sites is 1. The number of piperidine rings is 1. The summed E-state index contributed by atoms with van der Waals surface area (Å²) in [5, 5.41) is 5.93. The van der Waals surface area contributed by atoms with Crippen molar-refractivity contribution in [1.29, 1.82) is 0 Å². The van der Waals surface area contributed by atoms with E-state index in [1.54, 1.807) is 7.05 Å². The fraction of sp³-hybridized carbons (Fsp3) is 0.562. The van der Waals surface area contributed by atoms with Crippen molar-refractivity contribution in [3.05, 3.63) is 30.3 Å². The molecule has 136 valence electrons. The van der Waals surface area contributed by atoms with Gasteiger partial charge >= 0.3 is 6.18 Å². The van der Waals surface area contributed by atoms with Gasteiger partial charge < -0.3 is 15.5 Å². The summed E-state index contributed by atoms with van der Waals surface area (Å²) in [7, 11) is 1.57. The zero-order valence-corrected chi connectivity index (χ0v) is 16.0. The average molecular weight is 456 g/mol. The number of nitrogens with one attached hydrogen (secondary N) is 2. The summed E-state index contributed by atoms with van der Waals surface area (Å²) in [4.78, 5) is 6.31. The van der Waals surface area contributed by atoms with Gasteiger partial charge in [0.15, 0.2) is 5.96 Å². The van der Waals surface area contributed by atoms with E-state index in [2.05, 4.69) is 32.7 Å². The van der Waals surface area contributed by atoms with Gasteiger partial charge in [-0.05, 0) is 25.0 Å². The van der Waals surface area contributed by atoms with Crippen molar-refractivity contribution >= 4 is 35.6 Å². The predicted octanol–water partition coefficient (Wildman–Crippen LogP) is 3.39. The molecule has 1 saturated heterocycles. The third-order valence-corrected chi connectivity index (χ3v) is 3.88. The number of guanidine groups is 1. The van der Waals surface area contributed by atoms with Gasteiger partial charge in [-0.15, -0.1) is 24.0 Å². The number of nitrogens with zero attached hydrogens (tertiary/aromatic N) is 2. The standard InChI is InChI=1S/C16H23F3N4.HI/c1-20-15(21-10-9-16(17,18)19)22-13-7-11-23(12-8-13)14-5-3-2-4-6-14;/h2-6,13H,7-12H2,1H3,(H2,20,21,22);1H.